The number of hydrogen-bond acceptors (Lipinski definition) is 2. The molecule has 0 saturated heterocycles. The molecule has 0 aromatic heterocycles. The van der Waals surface area contributed by atoms with Crippen LogP contribution in [0, 0.1) is 0 Å². The third-order valence-electron chi connectivity index (χ3n) is 0.829. The maximum absolute atomic E-state index is 9.87. The molecule has 1 atom stereocenters. The molecule has 0 aliphatic carbocycles. The van der Waals surface area contributed by atoms with Gasteiger partial charge in [-0.15, -0.1) is 0 Å². The SMILES string of the molecule is O=C([O-])CCC(Br)CBr. The molecule has 0 heterocycles. The fourth-order valence-corrected chi connectivity index (χ4v) is 0.904. The summed E-state index contributed by atoms with van der Waals surface area (Å²) in [4.78, 5) is 10.1. The lowest BCUT2D eigenvalue weighted by Gasteiger charge is -2.04. The van der Waals surface area contributed by atoms with Crippen LogP contribution in [0.1, 0.15) is 12.8 Å². The lowest BCUT2D eigenvalue weighted by molar-refractivity contribution is -0.305. The maximum Gasteiger partial charge on any atom is 0.0414 e. The van der Waals surface area contributed by atoms with E-state index in [1.165, 1.54) is 0 Å². The molecule has 0 radical (unpaired) electrons. The molecule has 0 bridgehead atoms. The van der Waals surface area contributed by atoms with Gasteiger partial charge in [-0.25, -0.2) is 0 Å². The molecule has 2 nitrogen and oxygen atoms in total. The number of carbonyl (C=O) groups is 1. The third-order valence-corrected chi connectivity index (χ3v) is 3.26. The molecule has 1 unspecified atom stereocenters. The van der Waals surface area contributed by atoms with Gasteiger partial charge in [0, 0.05) is 16.1 Å². The Morgan fingerprint density at radius 3 is 2.56 bits per heavy atom. The normalized spacial score (nSPS) is 13.1. The molecule has 0 N–H and O–H groups in total. The minimum atomic E-state index is -0.986. The summed E-state index contributed by atoms with van der Waals surface area (Å²) in [5.41, 5.74) is 0. The lowest BCUT2D eigenvalue weighted by atomic mass is 10.2. The van der Waals surface area contributed by atoms with E-state index in [0.29, 0.717) is 6.42 Å². The van der Waals surface area contributed by atoms with Crippen molar-refractivity contribution in [1.29, 1.82) is 0 Å². The van der Waals surface area contributed by atoms with Crippen LogP contribution >= 0.6 is 31.9 Å². The van der Waals surface area contributed by atoms with Gasteiger partial charge in [-0.05, 0) is 12.8 Å². The topological polar surface area (TPSA) is 40.1 Å². The van der Waals surface area contributed by atoms with E-state index in [2.05, 4.69) is 31.9 Å². The van der Waals surface area contributed by atoms with Crippen LogP contribution in [0.3, 0.4) is 0 Å². The fraction of sp³-hybridized carbons (Fsp3) is 0.800. The van der Waals surface area contributed by atoms with Crippen molar-refractivity contribution in [2.75, 3.05) is 5.33 Å². The lowest BCUT2D eigenvalue weighted by Crippen LogP contribution is -2.22. The van der Waals surface area contributed by atoms with Crippen molar-refractivity contribution < 1.29 is 9.90 Å². The summed E-state index contributed by atoms with van der Waals surface area (Å²) in [5.74, 6) is -0.986. The molecule has 0 aliphatic heterocycles. The van der Waals surface area contributed by atoms with Crippen LogP contribution in [-0.2, 0) is 4.79 Å². The summed E-state index contributed by atoms with van der Waals surface area (Å²) in [6.45, 7) is 0. The van der Waals surface area contributed by atoms with Crippen LogP contribution < -0.4 is 5.11 Å². The Bertz CT molecular complexity index is 95.0. The van der Waals surface area contributed by atoms with Gasteiger partial charge in [-0.2, -0.15) is 0 Å². The first-order valence-corrected chi connectivity index (χ1v) is 4.60. The number of hydrogen-bond donors (Lipinski definition) is 0. The molecular weight excluding hydrogens is 252 g/mol. The summed E-state index contributed by atoms with van der Waals surface area (Å²) in [6, 6.07) is 0. The summed E-state index contributed by atoms with van der Waals surface area (Å²) in [5, 5.41) is 10.7. The van der Waals surface area contributed by atoms with E-state index < -0.39 is 5.97 Å². The monoisotopic (exact) mass is 257 g/mol. The van der Waals surface area contributed by atoms with Gasteiger partial charge in [0.15, 0.2) is 0 Å². The van der Waals surface area contributed by atoms with Crippen LogP contribution in [0.15, 0.2) is 0 Å². The van der Waals surface area contributed by atoms with Crippen molar-refractivity contribution in [2.24, 2.45) is 0 Å². The average Bonchev–Trinajstić information content (AvgIpc) is 1.83. The van der Waals surface area contributed by atoms with Crippen LogP contribution in [0.5, 0.6) is 0 Å². The zero-order valence-corrected chi connectivity index (χ0v) is 7.94. The molecular formula is C5H7Br2O2-. The van der Waals surface area contributed by atoms with Crippen LogP contribution in [0.25, 0.3) is 0 Å². The predicted molar refractivity (Wildman–Crippen MR) is 40.8 cm³/mol. The first-order chi connectivity index (χ1) is 4.16. The molecule has 0 amide bonds. The Balaban J connectivity index is 3.16. The number of alkyl halides is 2. The molecule has 0 aliphatic rings. The molecule has 4 heteroatoms. The van der Waals surface area contributed by atoms with Crippen molar-refractivity contribution in [3.8, 4) is 0 Å². The Morgan fingerprint density at radius 2 is 2.22 bits per heavy atom. The van der Waals surface area contributed by atoms with Gasteiger partial charge in [0.2, 0.25) is 0 Å². The Hall–Kier alpha value is 0.430. The van der Waals surface area contributed by atoms with Crippen molar-refractivity contribution >= 4 is 37.8 Å². The van der Waals surface area contributed by atoms with E-state index in [0.717, 1.165) is 5.33 Å². The minimum absolute atomic E-state index is 0.127. The molecule has 0 rings (SSSR count). The van der Waals surface area contributed by atoms with Gasteiger partial charge in [0.05, 0.1) is 0 Å². The first kappa shape index (κ1) is 9.43. The van der Waals surface area contributed by atoms with Gasteiger partial charge in [-0.1, -0.05) is 31.9 Å². The highest BCUT2D eigenvalue weighted by molar-refractivity contribution is 9.12. The van der Waals surface area contributed by atoms with Gasteiger partial charge in [0.25, 0.3) is 0 Å². The zero-order valence-electron chi connectivity index (χ0n) is 4.77. The smallest absolute Gasteiger partial charge is 0.0414 e. The largest absolute Gasteiger partial charge is 0.550 e. The molecule has 0 saturated carbocycles. The van der Waals surface area contributed by atoms with Crippen molar-refractivity contribution in [3.05, 3.63) is 0 Å². The highest BCUT2D eigenvalue weighted by Gasteiger charge is 1.99. The van der Waals surface area contributed by atoms with Crippen LogP contribution in [0.2, 0.25) is 0 Å². The average molecular weight is 259 g/mol. The highest BCUT2D eigenvalue weighted by Crippen LogP contribution is 2.09. The molecule has 54 valence electrons. The van der Waals surface area contributed by atoms with E-state index >= 15 is 0 Å². The summed E-state index contributed by atoms with van der Waals surface area (Å²) >= 11 is 6.47. The van der Waals surface area contributed by atoms with Gasteiger partial charge >= 0.3 is 0 Å². The molecule has 0 fully saturated rings. The molecule has 0 aromatic carbocycles. The predicted octanol–water partition coefficient (Wildman–Crippen LogP) is 0.675. The van der Waals surface area contributed by atoms with Crippen LogP contribution in [0.4, 0.5) is 0 Å². The Kier molecular flexibility index (Phi) is 5.48. The number of rotatable bonds is 4. The van der Waals surface area contributed by atoms with Gasteiger partial charge in [-0.3, -0.25) is 0 Å². The van der Waals surface area contributed by atoms with E-state index in [4.69, 9.17) is 0 Å². The first-order valence-electron chi connectivity index (χ1n) is 2.56. The standard InChI is InChI=1S/C5H8Br2O2/c6-3-4(7)1-2-5(8)9/h4H,1-3H2,(H,8,9)/p-1. The quantitative estimate of drug-likeness (QED) is 0.696. The zero-order chi connectivity index (χ0) is 7.28. The van der Waals surface area contributed by atoms with Gasteiger partial charge < -0.3 is 9.90 Å². The molecule has 0 spiro atoms. The number of carboxylic acid groups (broad SMARTS) is 1. The number of carbonyl (C=O) groups excluding carboxylic acids is 1. The Labute approximate surface area is 70.9 Å². The van der Waals surface area contributed by atoms with E-state index in [9.17, 15) is 9.90 Å². The second-order valence-corrected chi connectivity index (χ2v) is 3.60. The second-order valence-electron chi connectivity index (χ2n) is 1.66. The second kappa shape index (κ2) is 5.23. The fourth-order valence-electron chi connectivity index (χ4n) is 0.352. The highest BCUT2D eigenvalue weighted by atomic mass is 79.9. The Morgan fingerprint density at radius 1 is 1.67 bits per heavy atom. The summed E-state index contributed by atoms with van der Waals surface area (Å²) < 4.78 is 0. The number of carboxylic acids is 1. The summed E-state index contributed by atoms with van der Waals surface area (Å²) in [6.07, 6.45) is 0.745. The van der Waals surface area contributed by atoms with Crippen molar-refractivity contribution in [2.45, 2.75) is 17.7 Å². The minimum Gasteiger partial charge on any atom is -0.550 e. The van der Waals surface area contributed by atoms with Crippen LogP contribution in [-0.4, -0.2) is 16.1 Å². The van der Waals surface area contributed by atoms with Crippen molar-refractivity contribution in [1.82, 2.24) is 0 Å². The number of halogens is 2. The maximum atomic E-state index is 9.87. The third kappa shape index (κ3) is 6.31. The van der Waals surface area contributed by atoms with Gasteiger partial charge in [0.1, 0.15) is 0 Å². The molecule has 0 aromatic rings. The van der Waals surface area contributed by atoms with E-state index in [1.54, 1.807) is 0 Å². The summed E-state index contributed by atoms with van der Waals surface area (Å²) in [7, 11) is 0. The van der Waals surface area contributed by atoms with E-state index in [1.807, 2.05) is 0 Å². The van der Waals surface area contributed by atoms with E-state index in [-0.39, 0.29) is 11.2 Å². The number of aliphatic carboxylic acids is 1. The van der Waals surface area contributed by atoms with Crippen molar-refractivity contribution in [3.63, 3.8) is 0 Å². The molecule has 9 heavy (non-hydrogen) atoms.